The van der Waals surface area contributed by atoms with Crippen LogP contribution < -0.4 is 4.31 Å². The van der Waals surface area contributed by atoms with Crippen LogP contribution in [0.3, 0.4) is 0 Å². The van der Waals surface area contributed by atoms with Gasteiger partial charge >= 0.3 is 0 Å². The van der Waals surface area contributed by atoms with Crippen molar-refractivity contribution in [3.63, 3.8) is 0 Å². The minimum atomic E-state index is -3.55. The van der Waals surface area contributed by atoms with Gasteiger partial charge in [0.1, 0.15) is 0 Å². The van der Waals surface area contributed by atoms with Crippen molar-refractivity contribution in [2.24, 2.45) is 0 Å². The maximum absolute atomic E-state index is 12.9. The molecule has 0 aliphatic rings. The third kappa shape index (κ3) is 5.11. The number of sulfonamides is 1. The lowest BCUT2D eigenvalue weighted by Gasteiger charge is -2.26. The zero-order valence-corrected chi connectivity index (χ0v) is 15.9. The summed E-state index contributed by atoms with van der Waals surface area (Å²) in [6.07, 6.45) is 0. The fourth-order valence-electron chi connectivity index (χ4n) is 2.23. The molecular formula is C17H20Cl2N2O2S. The molecule has 0 saturated carbocycles. The highest BCUT2D eigenvalue weighted by molar-refractivity contribution is 7.92. The zero-order valence-electron chi connectivity index (χ0n) is 13.6. The molecule has 0 bridgehead atoms. The van der Waals surface area contributed by atoms with Gasteiger partial charge < -0.3 is 4.90 Å². The highest BCUT2D eigenvalue weighted by Gasteiger charge is 2.23. The third-order valence-electron chi connectivity index (χ3n) is 3.46. The average Bonchev–Trinajstić information content (AvgIpc) is 2.51. The van der Waals surface area contributed by atoms with Crippen molar-refractivity contribution in [3.05, 3.63) is 64.1 Å². The number of benzene rings is 2. The molecule has 0 amide bonds. The Balaban J connectivity index is 2.30. The molecule has 0 saturated heterocycles. The van der Waals surface area contributed by atoms with Crippen LogP contribution in [-0.4, -0.2) is 40.5 Å². The molecule has 2 aromatic rings. The Kier molecular flexibility index (Phi) is 6.52. The van der Waals surface area contributed by atoms with E-state index in [0.717, 1.165) is 0 Å². The number of para-hydroxylation sites is 1. The molecule has 0 radical (unpaired) electrons. The minimum absolute atomic E-state index is 0.133. The fourth-order valence-corrected chi connectivity index (χ4v) is 4.11. The number of halogens is 2. The molecule has 0 fully saturated rings. The van der Waals surface area contributed by atoms with Crippen molar-refractivity contribution in [2.45, 2.75) is 5.75 Å². The Morgan fingerprint density at radius 2 is 1.58 bits per heavy atom. The second-order valence-electron chi connectivity index (χ2n) is 5.72. The van der Waals surface area contributed by atoms with Crippen LogP contribution in [0.15, 0.2) is 48.5 Å². The van der Waals surface area contributed by atoms with Crippen molar-refractivity contribution in [1.82, 2.24) is 4.90 Å². The predicted molar refractivity (Wildman–Crippen MR) is 101 cm³/mol. The maximum atomic E-state index is 12.9. The number of anilines is 1. The predicted octanol–water partition coefficient (Wildman–Crippen LogP) is 3.89. The van der Waals surface area contributed by atoms with E-state index in [2.05, 4.69) is 0 Å². The molecule has 2 aromatic carbocycles. The summed E-state index contributed by atoms with van der Waals surface area (Å²) < 4.78 is 27.3. The number of nitrogens with zero attached hydrogens (tertiary/aromatic N) is 2. The Morgan fingerprint density at radius 3 is 2.17 bits per heavy atom. The van der Waals surface area contributed by atoms with Crippen LogP contribution in [0.5, 0.6) is 0 Å². The van der Waals surface area contributed by atoms with Crippen molar-refractivity contribution in [1.29, 1.82) is 0 Å². The molecular weight excluding hydrogens is 367 g/mol. The first-order chi connectivity index (χ1) is 11.3. The standard InChI is InChI=1S/C17H20Cl2N2O2S/c1-20(2)10-11-21(15-6-4-3-5-7-15)24(22,23)13-14-8-9-16(18)17(19)12-14/h3-9,12H,10-11,13H2,1-2H3. The van der Waals surface area contributed by atoms with Crippen molar-refractivity contribution >= 4 is 38.9 Å². The number of hydrogen-bond donors (Lipinski definition) is 0. The number of hydrogen-bond acceptors (Lipinski definition) is 3. The van der Waals surface area contributed by atoms with E-state index in [1.165, 1.54) is 4.31 Å². The quantitative estimate of drug-likeness (QED) is 0.724. The van der Waals surface area contributed by atoms with Gasteiger partial charge in [-0.1, -0.05) is 47.5 Å². The van der Waals surface area contributed by atoms with E-state index >= 15 is 0 Å². The molecule has 7 heteroatoms. The van der Waals surface area contributed by atoms with Gasteiger partial charge in [0, 0.05) is 13.1 Å². The third-order valence-corrected chi connectivity index (χ3v) is 5.97. The lowest BCUT2D eigenvalue weighted by Crippen LogP contribution is -2.37. The molecule has 0 aliphatic heterocycles. The van der Waals surface area contributed by atoms with Gasteiger partial charge in [-0.3, -0.25) is 4.31 Å². The molecule has 0 spiro atoms. The topological polar surface area (TPSA) is 40.6 Å². The van der Waals surface area contributed by atoms with Crippen LogP contribution in [0, 0.1) is 0 Å². The Morgan fingerprint density at radius 1 is 0.917 bits per heavy atom. The van der Waals surface area contributed by atoms with Gasteiger partial charge in [0.05, 0.1) is 21.5 Å². The Bertz CT molecular complexity index is 780. The summed E-state index contributed by atoms with van der Waals surface area (Å²) in [6, 6.07) is 14.0. The normalized spacial score (nSPS) is 11.7. The lowest BCUT2D eigenvalue weighted by molar-refractivity contribution is 0.419. The van der Waals surface area contributed by atoms with Gasteiger partial charge in [-0.05, 0) is 43.9 Å². The van der Waals surface area contributed by atoms with Gasteiger partial charge in [0.2, 0.25) is 10.0 Å². The molecule has 130 valence electrons. The van der Waals surface area contributed by atoms with Crippen LogP contribution in [0.1, 0.15) is 5.56 Å². The molecule has 0 heterocycles. The summed E-state index contributed by atoms with van der Waals surface area (Å²) in [6.45, 7) is 0.996. The fraction of sp³-hybridized carbons (Fsp3) is 0.294. The van der Waals surface area contributed by atoms with Gasteiger partial charge in [-0.25, -0.2) is 8.42 Å². The maximum Gasteiger partial charge on any atom is 0.239 e. The molecule has 2 rings (SSSR count). The number of rotatable bonds is 7. The van der Waals surface area contributed by atoms with Crippen LogP contribution in [0.2, 0.25) is 10.0 Å². The van der Waals surface area contributed by atoms with E-state index in [9.17, 15) is 8.42 Å². The summed E-state index contributed by atoms with van der Waals surface area (Å²) in [7, 11) is 0.274. The van der Waals surface area contributed by atoms with Crippen LogP contribution >= 0.6 is 23.2 Å². The highest BCUT2D eigenvalue weighted by Crippen LogP contribution is 2.25. The summed E-state index contributed by atoms with van der Waals surface area (Å²) in [4.78, 5) is 1.95. The van der Waals surface area contributed by atoms with Crippen LogP contribution in [0.25, 0.3) is 0 Å². The SMILES string of the molecule is CN(C)CCN(c1ccccc1)S(=O)(=O)Cc1ccc(Cl)c(Cl)c1. The zero-order chi connectivity index (χ0) is 17.7. The first kappa shape index (κ1) is 19.1. The van der Waals surface area contributed by atoms with Crippen molar-refractivity contribution in [3.8, 4) is 0 Å². The Labute approximate surface area is 153 Å². The van der Waals surface area contributed by atoms with E-state index in [4.69, 9.17) is 23.2 Å². The summed E-state index contributed by atoms with van der Waals surface area (Å²) >= 11 is 11.9. The van der Waals surface area contributed by atoms with Gasteiger partial charge in [-0.2, -0.15) is 0 Å². The molecule has 0 unspecified atom stereocenters. The monoisotopic (exact) mass is 386 g/mol. The first-order valence-corrected chi connectivity index (χ1v) is 9.80. The molecule has 0 aliphatic carbocycles. The average molecular weight is 387 g/mol. The van der Waals surface area contributed by atoms with Crippen molar-refractivity contribution in [2.75, 3.05) is 31.5 Å². The van der Waals surface area contributed by atoms with Crippen molar-refractivity contribution < 1.29 is 8.42 Å². The smallest absolute Gasteiger partial charge is 0.239 e. The van der Waals surface area contributed by atoms with Crippen LogP contribution in [-0.2, 0) is 15.8 Å². The minimum Gasteiger partial charge on any atom is -0.308 e. The molecule has 0 aromatic heterocycles. The second-order valence-corrected chi connectivity index (χ2v) is 8.42. The van der Waals surface area contributed by atoms with E-state index in [-0.39, 0.29) is 5.75 Å². The molecule has 0 atom stereocenters. The molecule has 4 nitrogen and oxygen atoms in total. The number of likely N-dealkylation sites (N-methyl/N-ethyl adjacent to an activating group) is 1. The summed E-state index contributed by atoms with van der Waals surface area (Å²) in [5.74, 6) is -0.133. The largest absolute Gasteiger partial charge is 0.308 e. The van der Waals surface area contributed by atoms with E-state index in [1.54, 1.807) is 30.3 Å². The molecule has 24 heavy (non-hydrogen) atoms. The van der Waals surface area contributed by atoms with Gasteiger partial charge in [0.25, 0.3) is 0 Å². The van der Waals surface area contributed by atoms with E-state index < -0.39 is 10.0 Å². The Hall–Kier alpha value is -1.27. The summed E-state index contributed by atoms with van der Waals surface area (Å²) in [5.41, 5.74) is 1.26. The summed E-state index contributed by atoms with van der Waals surface area (Å²) in [5, 5.41) is 0.759. The van der Waals surface area contributed by atoms with E-state index in [0.29, 0.717) is 34.4 Å². The second kappa shape index (κ2) is 8.21. The molecule has 0 N–H and O–H groups in total. The first-order valence-electron chi connectivity index (χ1n) is 7.44. The van der Waals surface area contributed by atoms with Crippen LogP contribution in [0.4, 0.5) is 5.69 Å². The van der Waals surface area contributed by atoms with E-state index in [1.807, 2.05) is 37.2 Å². The van der Waals surface area contributed by atoms with Gasteiger partial charge in [0.15, 0.2) is 0 Å². The van der Waals surface area contributed by atoms with Gasteiger partial charge in [-0.15, -0.1) is 0 Å². The lowest BCUT2D eigenvalue weighted by atomic mass is 10.2. The highest BCUT2D eigenvalue weighted by atomic mass is 35.5.